The number of likely N-dealkylation sites (N-methyl/N-ethyl adjacent to an activating group) is 1. The van der Waals surface area contributed by atoms with Gasteiger partial charge in [-0.3, -0.25) is 10.1 Å². The van der Waals surface area contributed by atoms with Crippen molar-refractivity contribution in [3.05, 3.63) is 62.5 Å². The number of nitrogens with one attached hydrogen (secondary N) is 1. The fourth-order valence-corrected chi connectivity index (χ4v) is 3.65. The van der Waals surface area contributed by atoms with E-state index < -0.39 is 45.9 Å². The second-order valence-corrected chi connectivity index (χ2v) is 7.81. The number of methoxy groups -OCH3 is 1. The van der Waals surface area contributed by atoms with Crippen LogP contribution in [0.5, 0.6) is 0 Å². The minimum absolute atomic E-state index is 0.0748. The van der Waals surface area contributed by atoms with E-state index in [4.69, 9.17) is 10.5 Å². The number of carbonyl (C=O) groups is 2. The Morgan fingerprint density at radius 1 is 1.23 bits per heavy atom. The maximum absolute atomic E-state index is 13.9. The van der Waals surface area contributed by atoms with Gasteiger partial charge in [-0.15, -0.1) is 0 Å². The van der Waals surface area contributed by atoms with Crippen LogP contribution in [-0.4, -0.2) is 68.3 Å². The summed E-state index contributed by atoms with van der Waals surface area (Å²) in [5.41, 5.74) is 2.15. The molecule has 1 aromatic rings. The predicted molar refractivity (Wildman–Crippen MR) is 119 cm³/mol. The lowest BCUT2D eigenvalue weighted by Gasteiger charge is -2.32. The molecule has 1 aliphatic heterocycles. The maximum atomic E-state index is 13.9. The molecule has 0 aromatic heterocycles. The largest absolute Gasteiger partial charge is 0.466 e. The van der Waals surface area contributed by atoms with Gasteiger partial charge in [0.2, 0.25) is 0 Å². The minimum atomic E-state index is -5.01. The molecule has 35 heavy (non-hydrogen) atoms. The Morgan fingerprint density at radius 2 is 1.91 bits per heavy atom. The number of dihydropyridines is 1. The third-order valence-corrected chi connectivity index (χ3v) is 5.34. The van der Waals surface area contributed by atoms with Gasteiger partial charge < -0.3 is 25.4 Å². The van der Waals surface area contributed by atoms with Crippen molar-refractivity contribution in [1.82, 2.24) is 10.2 Å². The SMILES string of the molecule is COC(=O)C1=C(C(F)(F)F)NC(C)=C(C(=O)OCCN(C)CCCN)C1c1cccc([N+](=O)[O-])c1. The first-order valence-electron chi connectivity index (χ1n) is 10.6. The zero-order valence-electron chi connectivity index (χ0n) is 19.5. The van der Waals surface area contributed by atoms with E-state index in [2.05, 4.69) is 10.1 Å². The van der Waals surface area contributed by atoms with Crippen LogP contribution in [-0.2, 0) is 19.1 Å². The number of esters is 2. The molecule has 2 rings (SSSR count). The third kappa shape index (κ3) is 6.79. The van der Waals surface area contributed by atoms with Crippen molar-refractivity contribution in [2.45, 2.75) is 25.4 Å². The molecule has 1 atom stereocenters. The summed E-state index contributed by atoms with van der Waals surface area (Å²) in [5, 5.41) is 13.4. The Kier molecular flexibility index (Phi) is 9.37. The van der Waals surface area contributed by atoms with Crippen molar-refractivity contribution in [2.24, 2.45) is 5.73 Å². The van der Waals surface area contributed by atoms with Crippen LogP contribution < -0.4 is 11.1 Å². The fourth-order valence-electron chi connectivity index (χ4n) is 3.65. The molecule has 192 valence electrons. The highest BCUT2D eigenvalue weighted by Gasteiger charge is 2.47. The second-order valence-electron chi connectivity index (χ2n) is 7.81. The molecule has 0 amide bonds. The number of halogens is 3. The standard InChI is InChI=1S/C22H27F3N4O6/c1-13-16(21(31)35-11-10-28(2)9-5-8-26)17(14-6-4-7-15(12-14)29(32)33)18(20(30)34-3)19(27-13)22(23,24)25/h4,6-7,12,17,27H,5,8-11,26H2,1-3H3. The highest BCUT2D eigenvalue weighted by Crippen LogP contribution is 2.43. The first-order valence-corrected chi connectivity index (χ1v) is 10.6. The summed E-state index contributed by atoms with van der Waals surface area (Å²) in [5.74, 6) is -3.94. The van der Waals surface area contributed by atoms with Gasteiger partial charge in [-0.05, 0) is 39.0 Å². The molecule has 13 heteroatoms. The number of rotatable bonds is 10. The van der Waals surface area contributed by atoms with E-state index in [0.29, 0.717) is 19.6 Å². The molecule has 0 spiro atoms. The average Bonchev–Trinajstić information content (AvgIpc) is 2.80. The van der Waals surface area contributed by atoms with Crippen LogP contribution in [0.2, 0.25) is 0 Å². The summed E-state index contributed by atoms with van der Waals surface area (Å²) < 4.78 is 51.6. The van der Waals surface area contributed by atoms with Gasteiger partial charge in [-0.25, -0.2) is 9.59 Å². The number of ether oxygens (including phenoxy) is 2. The average molecular weight is 500 g/mol. The first-order chi connectivity index (χ1) is 16.4. The lowest BCUT2D eigenvalue weighted by Crippen LogP contribution is -2.38. The van der Waals surface area contributed by atoms with Crippen LogP contribution in [0.25, 0.3) is 0 Å². The Bertz CT molecular complexity index is 1040. The van der Waals surface area contributed by atoms with Crippen LogP contribution in [0.4, 0.5) is 18.9 Å². The van der Waals surface area contributed by atoms with E-state index >= 15 is 0 Å². The zero-order valence-corrected chi connectivity index (χ0v) is 19.5. The molecule has 0 saturated heterocycles. The number of nitrogens with two attached hydrogens (primary N) is 1. The van der Waals surface area contributed by atoms with Crippen molar-refractivity contribution < 1.29 is 37.2 Å². The number of hydrogen-bond acceptors (Lipinski definition) is 9. The number of non-ortho nitro benzene ring substituents is 1. The molecule has 0 fully saturated rings. The first kappa shape index (κ1) is 27.8. The van der Waals surface area contributed by atoms with Crippen LogP contribution in [0.15, 0.2) is 46.8 Å². The summed E-state index contributed by atoms with van der Waals surface area (Å²) in [6, 6.07) is 4.69. The molecule has 1 aliphatic rings. The van der Waals surface area contributed by atoms with E-state index in [1.165, 1.54) is 19.1 Å². The zero-order chi connectivity index (χ0) is 26.3. The van der Waals surface area contributed by atoms with Crippen molar-refractivity contribution in [3.8, 4) is 0 Å². The molecule has 0 radical (unpaired) electrons. The topological polar surface area (TPSA) is 137 Å². The third-order valence-electron chi connectivity index (χ3n) is 5.34. The smallest absolute Gasteiger partial charge is 0.431 e. The molecule has 1 heterocycles. The summed E-state index contributed by atoms with van der Waals surface area (Å²) in [4.78, 5) is 38.0. The molecule has 10 nitrogen and oxygen atoms in total. The second kappa shape index (κ2) is 11.8. The summed E-state index contributed by atoms with van der Waals surface area (Å²) in [7, 11) is 2.68. The van der Waals surface area contributed by atoms with Crippen molar-refractivity contribution in [1.29, 1.82) is 0 Å². The maximum Gasteiger partial charge on any atom is 0.431 e. The van der Waals surface area contributed by atoms with Crippen LogP contribution in [0.1, 0.15) is 24.8 Å². The summed E-state index contributed by atoms with van der Waals surface area (Å²) in [6.45, 7) is 2.62. The van der Waals surface area contributed by atoms with Crippen LogP contribution in [0.3, 0.4) is 0 Å². The molecule has 0 aliphatic carbocycles. The van der Waals surface area contributed by atoms with E-state index in [1.807, 2.05) is 4.90 Å². The number of allylic oxidation sites excluding steroid dienone is 2. The van der Waals surface area contributed by atoms with Crippen molar-refractivity contribution >= 4 is 17.6 Å². The summed E-state index contributed by atoms with van der Waals surface area (Å²) in [6.07, 6.45) is -4.29. The van der Waals surface area contributed by atoms with Gasteiger partial charge in [0.05, 0.1) is 29.1 Å². The number of nitro benzene ring substituents is 1. The fraction of sp³-hybridized carbons (Fsp3) is 0.455. The molecule has 1 unspecified atom stereocenters. The van der Waals surface area contributed by atoms with E-state index in [1.54, 1.807) is 7.05 Å². The Hall–Kier alpha value is -3.45. The van der Waals surface area contributed by atoms with Gasteiger partial charge in [0.1, 0.15) is 12.3 Å². The highest BCUT2D eigenvalue weighted by atomic mass is 19.4. The number of hydrogen-bond donors (Lipinski definition) is 2. The normalized spacial score (nSPS) is 16.3. The lowest BCUT2D eigenvalue weighted by molar-refractivity contribution is -0.384. The van der Waals surface area contributed by atoms with Gasteiger partial charge in [0.15, 0.2) is 0 Å². The Balaban J connectivity index is 2.55. The van der Waals surface area contributed by atoms with E-state index in [-0.39, 0.29) is 23.4 Å². The van der Waals surface area contributed by atoms with Crippen LogP contribution >= 0.6 is 0 Å². The Labute approximate surface area is 199 Å². The van der Waals surface area contributed by atoms with Gasteiger partial charge in [0.25, 0.3) is 5.69 Å². The number of benzene rings is 1. The highest BCUT2D eigenvalue weighted by molar-refractivity contribution is 6.00. The molecule has 1 aromatic carbocycles. The van der Waals surface area contributed by atoms with Gasteiger partial charge in [-0.1, -0.05) is 12.1 Å². The molecule has 0 bridgehead atoms. The molecule has 0 saturated carbocycles. The summed E-state index contributed by atoms with van der Waals surface area (Å²) >= 11 is 0. The lowest BCUT2D eigenvalue weighted by atomic mass is 9.80. The van der Waals surface area contributed by atoms with Gasteiger partial charge >= 0.3 is 18.1 Å². The molecular formula is C22H27F3N4O6. The molecule has 3 N–H and O–H groups in total. The van der Waals surface area contributed by atoms with E-state index in [9.17, 15) is 32.9 Å². The Morgan fingerprint density at radius 3 is 2.49 bits per heavy atom. The minimum Gasteiger partial charge on any atom is -0.466 e. The molecular weight excluding hydrogens is 473 g/mol. The number of alkyl halides is 3. The number of carbonyl (C=O) groups excluding carboxylic acids is 2. The van der Waals surface area contributed by atoms with Crippen LogP contribution in [0, 0.1) is 10.1 Å². The van der Waals surface area contributed by atoms with Crippen molar-refractivity contribution in [3.63, 3.8) is 0 Å². The van der Waals surface area contributed by atoms with E-state index in [0.717, 1.165) is 25.7 Å². The monoisotopic (exact) mass is 500 g/mol. The predicted octanol–water partition coefficient (Wildman–Crippen LogP) is 2.37. The van der Waals surface area contributed by atoms with Crippen molar-refractivity contribution in [2.75, 3.05) is 40.4 Å². The quantitative estimate of drug-likeness (QED) is 0.282. The van der Waals surface area contributed by atoms with Gasteiger partial charge in [-0.2, -0.15) is 13.2 Å². The van der Waals surface area contributed by atoms with Gasteiger partial charge in [0, 0.05) is 24.4 Å². The number of nitro groups is 1. The number of nitrogens with zero attached hydrogens (tertiary/aromatic N) is 2.